The van der Waals surface area contributed by atoms with Crippen molar-refractivity contribution < 1.29 is 9.18 Å². The summed E-state index contributed by atoms with van der Waals surface area (Å²) in [6, 6.07) is 21.4. The van der Waals surface area contributed by atoms with Crippen LogP contribution in [-0.4, -0.2) is 17.4 Å². The van der Waals surface area contributed by atoms with Crippen molar-refractivity contribution in [1.29, 1.82) is 5.26 Å². The Balaban J connectivity index is 0.00000256. The van der Waals surface area contributed by atoms with E-state index in [4.69, 9.17) is 5.26 Å². The topological polar surface area (TPSA) is 56.1 Å². The minimum absolute atomic E-state index is 0. The van der Waals surface area contributed by atoms with Gasteiger partial charge in [-0.3, -0.25) is 9.69 Å². The van der Waals surface area contributed by atoms with Crippen molar-refractivity contribution in [2.45, 2.75) is 19.5 Å². The van der Waals surface area contributed by atoms with Gasteiger partial charge in [-0.25, -0.2) is 4.39 Å². The summed E-state index contributed by atoms with van der Waals surface area (Å²) >= 11 is 0. The van der Waals surface area contributed by atoms with Gasteiger partial charge in [-0.05, 0) is 71.6 Å². The molecule has 0 atom stereocenters. The van der Waals surface area contributed by atoms with Gasteiger partial charge in [-0.1, -0.05) is 18.2 Å². The highest BCUT2D eigenvalue weighted by Gasteiger charge is 2.17. The van der Waals surface area contributed by atoms with E-state index in [0.29, 0.717) is 16.8 Å². The molecule has 0 unspecified atom stereocenters. The zero-order valence-corrected chi connectivity index (χ0v) is 17.1. The smallest absolute Gasteiger partial charge is 0.255 e. The third kappa shape index (κ3) is 5.04. The van der Waals surface area contributed by atoms with E-state index in [1.807, 2.05) is 24.3 Å². The average Bonchev–Trinajstić information content (AvgIpc) is 2.74. The Morgan fingerprint density at radius 2 is 1.87 bits per heavy atom. The molecule has 0 saturated heterocycles. The first-order valence-corrected chi connectivity index (χ1v) is 9.51. The van der Waals surface area contributed by atoms with Crippen LogP contribution >= 0.6 is 12.4 Å². The second kappa shape index (κ2) is 9.53. The highest BCUT2D eigenvalue weighted by molar-refractivity contribution is 6.04. The summed E-state index contributed by atoms with van der Waals surface area (Å²) in [7, 11) is 0. The van der Waals surface area contributed by atoms with Gasteiger partial charge in [0.25, 0.3) is 5.91 Å². The summed E-state index contributed by atoms with van der Waals surface area (Å²) in [4.78, 5) is 14.9. The van der Waals surface area contributed by atoms with E-state index >= 15 is 0 Å². The van der Waals surface area contributed by atoms with Crippen molar-refractivity contribution in [3.8, 4) is 6.07 Å². The molecule has 0 radical (unpaired) electrons. The monoisotopic (exact) mass is 421 g/mol. The van der Waals surface area contributed by atoms with E-state index in [1.54, 1.807) is 36.4 Å². The van der Waals surface area contributed by atoms with Crippen molar-refractivity contribution in [2.24, 2.45) is 0 Å². The van der Waals surface area contributed by atoms with E-state index in [-0.39, 0.29) is 24.1 Å². The molecule has 3 aromatic rings. The lowest BCUT2D eigenvalue weighted by Crippen LogP contribution is -2.30. The molecular formula is C24H21ClFN3O. The lowest BCUT2D eigenvalue weighted by atomic mass is 9.99. The van der Waals surface area contributed by atoms with Crippen molar-refractivity contribution in [1.82, 2.24) is 4.90 Å². The van der Waals surface area contributed by atoms with Crippen molar-refractivity contribution in [2.75, 3.05) is 11.9 Å². The van der Waals surface area contributed by atoms with Crippen LogP contribution in [0.5, 0.6) is 0 Å². The number of nitrogens with zero attached hydrogens (tertiary/aromatic N) is 2. The Morgan fingerprint density at radius 3 is 2.63 bits per heavy atom. The summed E-state index contributed by atoms with van der Waals surface area (Å²) in [5.74, 6) is -0.366. The predicted molar refractivity (Wildman–Crippen MR) is 117 cm³/mol. The summed E-state index contributed by atoms with van der Waals surface area (Å²) in [5, 5.41) is 11.7. The number of rotatable bonds is 4. The SMILES string of the molecule is Cl.N#Cc1ccc(NC(=O)c2cccc(CN3CCc4cc(F)ccc4C3)c2)cc1. The lowest BCUT2D eigenvalue weighted by molar-refractivity contribution is 0.102. The molecule has 152 valence electrons. The first-order chi connectivity index (χ1) is 14.1. The molecular weight excluding hydrogens is 401 g/mol. The number of halogens is 2. The number of anilines is 1. The van der Waals surface area contributed by atoms with Crippen molar-refractivity contribution in [3.05, 3.63) is 100 Å². The van der Waals surface area contributed by atoms with Gasteiger partial charge in [-0.15, -0.1) is 12.4 Å². The Labute approximate surface area is 181 Å². The minimum atomic E-state index is -0.184. The van der Waals surface area contributed by atoms with Gasteiger partial charge in [0.1, 0.15) is 5.82 Å². The van der Waals surface area contributed by atoms with E-state index in [1.165, 1.54) is 6.07 Å². The summed E-state index contributed by atoms with van der Waals surface area (Å²) in [6.45, 7) is 2.37. The number of hydrogen-bond donors (Lipinski definition) is 1. The van der Waals surface area contributed by atoms with Crippen LogP contribution in [-0.2, 0) is 19.5 Å². The van der Waals surface area contributed by atoms with Crippen LogP contribution in [0, 0.1) is 17.1 Å². The molecule has 30 heavy (non-hydrogen) atoms. The molecule has 0 aromatic heterocycles. The molecule has 1 heterocycles. The van der Waals surface area contributed by atoms with Crippen LogP contribution in [0.1, 0.15) is 32.6 Å². The Kier molecular flexibility index (Phi) is 6.83. The molecule has 4 rings (SSSR count). The van der Waals surface area contributed by atoms with E-state index in [0.717, 1.165) is 42.7 Å². The van der Waals surface area contributed by atoms with Gasteiger partial charge in [0, 0.05) is 30.9 Å². The number of nitrogens with one attached hydrogen (secondary N) is 1. The van der Waals surface area contributed by atoms with E-state index in [9.17, 15) is 9.18 Å². The highest BCUT2D eigenvalue weighted by Crippen LogP contribution is 2.22. The molecule has 0 aliphatic carbocycles. The van der Waals surface area contributed by atoms with Gasteiger partial charge >= 0.3 is 0 Å². The number of carbonyl (C=O) groups excluding carboxylic acids is 1. The molecule has 1 aliphatic heterocycles. The van der Waals surface area contributed by atoms with Gasteiger partial charge in [0.2, 0.25) is 0 Å². The molecule has 4 nitrogen and oxygen atoms in total. The fourth-order valence-corrected chi connectivity index (χ4v) is 3.62. The van der Waals surface area contributed by atoms with E-state index in [2.05, 4.69) is 16.3 Å². The first kappa shape index (κ1) is 21.5. The number of benzene rings is 3. The second-order valence-corrected chi connectivity index (χ2v) is 7.22. The third-order valence-electron chi connectivity index (χ3n) is 5.13. The molecule has 3 aromatic carbocycles. The molecule has 0 spiro atoms. The molecule has 0 bridgehead atoms. The van der Waals surface area contributed by atoms with Crippen LogP contribution in [0.25, 0.3) is 0 Å². The van der Waals surface area contributed by atoms with Crippen LogP contribution in [0.4, 0.5) is 10.1 Å². The highest BCUT2D eigenvalue weighted by atomic mass is 35.5. The zero-order valence-electron chi connectivity index (χ0n) is 16.3. The largest absolute Gasteiger partial charge is 0.322 e. The summed E-state index contributed by atoms with van der Waals surface area (Å²) < 4.78 is 13.4. The molecule has 1 aliphatic rings. The number of nitriles is 1. The van der Waals surface area contributed by atoms with Crippen LogP contribution in [0.3, 0.4) is 0 Å². The zero-order chi connectivity index (χ0) is 20.2. The minimum Gasteiger partial charge on any atom is -0.322 e. The fraction of sp³-hybridized carbons (Fsp3) is 0.167. The van der Waals surface area contributed by atoms with Crippen LogP contribution in [0.2, 0.25) is 0 Å². The van der Waals surface area contributed by atoms with Crippen LogP contribution in [0.15, 0.2) is 66.7 Å². The maximum absolute atomic E-state index is 13.4. The number of amides is 1. The Morgan fingerprint density at radius 1 is 1.07 bits per heavy atom. The quantitative estimate of drug-likeness (QED) is 0.649. The Bertz CT molecular complexity index is 1090. The van der Waals surface area contributed by atoms with Gasteiger partial charge in [0.15, 0.2) is 0 Å². The average molecular weight is 422 g/mol. The maximum atomic E-state index is 13.4. The summed E-state index contributed by atoms with van der Waals surface area (Å²) in [6.07, 6.45) is 0.825. The van der Waals surface area contributed by atoms with Gasteiger partial charge in [-0.2, -0.15) is 5.26 Å². The standard InChI is InChI=1S/C24H20FN3O.ClH/c25-22-7-6-21-16-28(11-10-19(21)13-22)15-18-2-1-3-20(12-18)24(29)27-23-8-4-17(14-26)5-9-23;/h1-9,12-13H,10-11,15-16H2,(H,27,29);1H. The molecule has 1 amide bonds. The molecule has 1 N–H and O–H groups in total. The van der Waals surface area contributed by atoms with Crippen LogP contribution < -0.4 is 5.32 Å². The molecule has 6 heteroatoms. The maximum Gasteiger partial charge on any atom is 0.255 e. The lowest BCUT2D eigenvalue weighted by Gasteiger charge is -2.28. The van der Waals surface area contributed by atoms with E-state index < -0.39 is 0 Å². The predicted octanol–water partition coefficient (Wildman–Crippen LogP) is 4.93. The third-order valence-corrected chi connectivity index (χ3v) is 5.13. The number of hydrogen-bond acceptors (Lipinski definition) is 3. The van der Waals surface area contributed by atoms with Crippen molar-refractivity contribution >= 4 is 24.0 Å². The Hall–Kier alpha value is -3.20. The summed E-state index contributed by atoms with van der Waals surface area (Å²) in [5.41, 5.74) is 5.09. The van der Waals surface area contributed by atoms with Gasteiger partial charge in [0.05, 0.1) is 11.6 Å². The fourth-order valence-electron chi connectivity index (χ4n) is 3.62. The van der Waals surface area contributed by atoms with Gasteiger partial charge < -0.3 is 5.32 Å². The normalized spacial score (nSPS) is 12.9. The second-order valence-electron chi connectivity index (χ2n) is 7.22. The molecule has 0 saturated carbocycles. The number of carbonyl (C=O) groups is 1. The number of fused-ring (bicyclic) bond motifs is 1. The molecule has 0 fully saturated rings. The first-order valence-electron chi connectivity index (χ1n) is 9.51. The van der Waals surface area contributed by atoms with Crippen molar-refractivity contribution in [3.63, 3.8) is 0 Å².